The highest BCUT2D eigenvalue weighted by molar-refractivity contribution is 6.11. The fourth-order valence-electron chi connectivity index (χ4n) is 2.79. The van der Waals surface area contributed by atoms with Gasteiger partial charge in [0, 0.05) is 23.2 Å². The van der Waals surface area contributed by atoms with Crippen LogP contribution in [-0.2, 0) is 6.42 Å². The SMILES string of the molecule is CCc1cc(-c2nnc(C)o2)c2[nH]c3ccccc3c2c1. The van der Waals surface area contributed by atoms with Crippen LogP contribution in [0.2, 0.25) is 0 Å². The summed E-state index contributed by atoms with van der Waals surface area (Å²) < 4.78 is 5.63. The molecular formula is C17H15N3O. The van der Waals surface area contributed by atoms with E-state index in [9.17, 15) is 0 Å². The summed E-state index contributed by atoms with van der Waals surface area (Å²) in [5.41, 5.74) is 4.41. The Labute approximate surface area is 121 Å². The zero-order valence-electron chi connectivity index (χ0n) is 12.0. The summed E-state index contributed by atoms with van der Waals surface area (Å²) >= 11 is 0. The highest BCUT2D eigenvalue weighted by atomic mass is 16.4. The van der Waals surface area contributed by atoms with Crippen molar-refractivity contribution in [2.45, 2.75) is 20.3 Å². The molecule has 0 unspecified atom stereocenters. The van der Waals surface area contributed by atoms with Gasteiger partial charge in [-0.2, -0.15) is 0 Å². The fourth-order valence-corrected chi connectivity index (χ4v) is 2.79. The van der Waals surface area contributed by atoms with Gasteiger partial charge in [-0.1, -0.05) is 25.1 Å². The number of para-hydroxylation sites is 1. The van der Waals surface area contributed by atoms with Crippen molar-refractivity contribution in [1.29, 1.82) is 0 Å². The lowest BCUT2D eigenvalue weighted by molar-refractivity contribution is 0.533. The molecule has 0 fully saturated rings. The molecule has 2 aromatic carbocycles. The van der Waals surface area contributed by atoms with Crippen LogP contribution in [0.5, 0.6) is 0 Å². The van der Waals surface area contributed by atoms with Crippen molar-refractivity contribution in [2.24, 2.45) is 0 Å². The third kappa shape index (κ3) is 1.83. The Morgan fingerprint density at radius 2 is 1.95 bits per heavy atom. The Morgan fingerprint density at radius 1 is 1.10 bits per heavy atom. The van der Waals surface area contributed by atoms with E-state index in [-0.39, 0.29) is 0 Å². The summed E-state index contributed by atoms with van der Waals surface area (Å²) in [6.07, 6.45) is 0.968. The van der Waals surface area contributed by atoms with Crippen LogP contribution in [0.25, 0.3) is 33.3 Å². The van der Waals surface area contributed by atoms with Crippen LogP contribution in [-0.4, -0.2) is 15.2 Å². The third-order valence-corrected chi connectivity index (χ3v) is 3.84. The van der Waals surface area contributed by atoms with Gasteiger partial charge in [-0.15, -0.1) is 10.2 Å². The normalized spacial score (nSPS) is 11.5. The van der Waals surface area contributed by atoms with E-state index in [1.807, 2.05) is 13.0 Å². The van der Waals surface area contributed by atoms with Crippen LogP contribution in [0.4, 0.5) is 0 Å². The summed E-state index contributed by atoms with van der Waals surface area (Å²) in [6.45, 7) is 3.96. The maximum Gasteiger partial charge on any atom is 0.249 e. The number of nitrogens with one attached hydrogen (secondary N) is 1. The first-order valence-electron chi connectivity index (χ1n) is 7.10. The maximum atomic E-state index is 5.63. The molecule has 4 heteroatoms. The first kappa shape index (κ1) is 12.1. The molecule has 2 heterocycles. The van der Waals surface area contributed by atoms with Crippen molar-refractivity contribution in [3.8, 4) is 11.5 Å². The molecule has 0 spiro atoms. The first-order chi connectivity index (χ1) is 10.3. The molecule has 2 aromatic heterocycles. The monoisotopic (exact) mass is 277 g/mol. The number of fused-ring (bicyclic) bond motifs is 3. The third-order valence-electron chi connectivity index (χ3n) is 3.84. The van der Waals surface area contributed by atoms with E-state index in [0.717, 1.165) is 23.0 Å². The highest BCUT2D eigenvalue weighted by Gasteiger charge is 2.15. The second-order valence-electron chi connectivity index (χ2n) is 5.22. The minimum Gasteiger partial charge on any atom is -0.421 e. The molecule has 0 amide bonds. The molecule has 104 valence electrons. The van der Waals surface area contributed by atoms with Gasteiger partial charge in [0.1, 0.15) is 0 Å². The van der Waals surface area contributed by atoms with Crippen molar-refractivity contribution in [3.63, 3.8) is 0 Å². The minimum atomic E-state index is 0.569. The molecule has 0 saturated heterocycles. The number of hydrogen-bond acceptors (Lipinski definition) is 3. The van der Waals surface area contributed by atoms with E-state index >= 15 is 0 Å². The number of rotatable bonds is 2. The number of aryl methyl sites for hydroxylation is 2. The van der Waals surface area contributed by atoms with Crippen molar-refractivity contribution in [3.05, 3.63) is 47.9 Å². The molecule has 21 heavy (non-hydrogen) atoms. The molecular weight excluding hydrogens is 262 g/mol. The molecule has 0 aliphatic rings. The van der Waals surface area contributed by atoms with Gasteiger partial charge < -0.3 is 9.40 Å². The quantitative estimate of drug-likeness (QED) is 0.596. The van der Waals surface area contributed by atoms with Crippen LogP contribution in [0, 0.1) is 6.92 Å². The summed E-state index contributed by atoms with van der Waals surface area (Å²) in [6, 6.07) is 12.7. The van der Waals surface area contributed by atoms with Gasteiger partial charge in [0.25, 0.3) is 0 Å². The molecule has 4 aromatic rings. The molecule has 0 aliphatic heterocycles. The summed E-state index contributed by atoms with van der Waals surface area (Å²) in [5.74, 6) is 1.15. The Morgan fingerprint density at radius 3 is 2.71 bits per heavy atom. The van der Waals surface area contributed by atoms with Gasteiger partial charge in [0.05, 0.1) is 11.1 Å². The predicted molar refractivity (Wildman–Crippen MR) is 83.2 cm³/mol. The zero-order chi connectivity index (χ0) is 14.4. The van der Waals surface area contributed by atoms with Crippen molar-refractivity contribution in [1.82, 2.24) is 15.2 Å². The maximum absolute atomic E-state index is 5.63. The molecule has 0 saturated carbocycles. The second kappa shape index (κ2) is 4.45. The first-order valence-corrected chi connectivity index (χ1v) is 7.10. The van der Waals surface area contributed by atoms with E-state index in [1.165, 1.54) is 16.3 Å². The summed E-state index contributed by atoms with van der Waals surface area (Å²) in [5, 5.41) is 10.6. The average molecular weight is 277 g/mol. The van der Waals surface area contributed by atoms with Gasteiger partial charge in [0.2, 0.25) is 11.8 Å². The van der Waals surface area contributed by atoms with Gasteiger partial charge in [-0.3, -0.25) is 0 Å². The van der Waals surface area contributed by atoms with Gasteiger partial charge in [-0.25, -0.2) is 0 Å². The molecule has 4 rings (SSSR count). The van der Waals surface area contributed by atoms with Crippen molar-refractivity contribution >= 4 is 21.8 Å². The van der Waals surface area contributed by atoms with Crippen molar-refractivity contribution < 1.29 is 4.42 Å². The number of aromatic amines is 1. The standard InChI is InChI=1S/C17H15N3O/c1-3-11-8-13-12-6-4-5-7-15(12)18-16(13)14(9-11)17-20-19-10(2)21-17/h4-9,18H,3H2,1-2H3. The predicted octanol–water partition coefficient (Wildman–Crippen LogP) is 4.24. The van der Waals surface area contributed by atoms with E-state index < -0.39 is 0 Å². The largest absolute Gasteiger partial charge is 0.421 e. The van der Waals surface area contributed by atoms with E-state index in [4.69, 9.17) is 4.42 Å². The number of benzene rings is 2. The van der Waals surface area contributed by atoms with Crippen LogP contribution < -0.4 is 0 Å². The summed E-state index contributed by atoms with van der Waals surface area (Å²) in [7, 11) is 0. The van der Waals surface area contributed by atoms with Crippen LogP contribution in [0.1, 0.15) is 18.4 Å². The number of nitrogens with zero attached hydrogens (tertiary/aromatic N) is 2. The Hall–Kier alpha value is -2.62. The van der Waals surface area contributed by atoms with Gasteiger partial charge in [0.15, 0.2) is 0 Å². The number of hydrogen-bond donors (Lipinski definition) is 1. The molecule has 0 atom stereocenters. The topological polar surface area (TPSA) is 54.7 Å². The summed E-state index contributed by atoms with van der Waals surface area (Å²) in [4.78, 5) is 3.48. The lowest BCUT2D eigenvalue weighted by Gasteiger charge is -2.03. The highest BCUT2D eigenvalue weighted by Crippen LogP contribution is 2.34. The molecule has 4 nitrogen and oxygen atoms in total. The van der Waals surface area contributed by atoms with Crippen molar-refractivity contribution in [2.75, 3.05) is 0 Å². The Balaban J connectivity index is 2.13. The molecule has 0 bridgehead atoms. The number of aromatic nitrogens is 3. The average Bonchev–Trinajstić information content (AvgIpc) is 3.09. The lowest BCUT2D eigenvalue weighted by atomic mass is 10.0. The van der Waals surface area contributed by atoms with E-state index in [0.29, 0.717) is 11.8 Å². The lowest BCUT2D eigenvalue weighted by Crippen LogP contribution is -1.86. The van der Waals surface area contributed by atoms with Crippen LogP contribution in [0.15, 0.2) is 40.8 Å². The Kier molecular flexibility index (Phi) is 2.57. The van der Waals surface area contributed by atoms with Crippen LogP contribution >= 0.6 is 0 Å². The second-order valence-corrected chi connectivity index (χ2v) is 5.22. The van der Waals surface area contributed by atoms with Crippen LogP contribution in [0.3, 0.4) is 0 Å². The van der Waals surface area contributed by atoms with Gasteiger partial charge >= 0.3 is 0 Å². The van der Waals surface area contributed by atoms with Gasteiger partial charge in [-0.05, 0) is 30.2 Å². The minimum absolute atomic E-state index is 0.569. The number of H-pyrrole nitrogens is 1. The molecule has 1 N–H and O–H groups in total. The smallest absolute Gasteiger partial charge is 0.249 e. The Bertz CT molecular complexity index is 949. The molecule has 0 aliphatic carbocycles. The molecule has 0 radical (unpaired) electrons. The zero-order valence-corrected chi connectivity index (χ0v) is 12.0. The van der Waals surface area contributed by atoms with E-state index in [1.54, 1.807) is 0 Å². The van der Waals surface area contributed by atoms with E-state index in [2.05, 4.69) is 52.4 Å². The fraction of sp³-hybridized carbons (Fsp3) is 0.176.